The summed E-state index contributed by atoms with van der Waals surface area (Å²) in [6.07, 6.45) is 8.45. The molecule has 0 bridgehead atoms. The lowest BCUT2D eigenvalue weighted by Crippen LogP contribution is -2.36. The maximum atomic E-state index is 13.4. The van der Waals surface area contributed by atoms with E-state index < -0.39 is 21.5 Å². The zero-order valence-electron chi connectivity index (χ0n) is 21.0. The fourth-order valence-corrected chi connectivity index (χ4v) is 4.67. The number of anilines is 1. The third kappa shape index (κ3) is 7.32. The van der Waals surface area contributed by atoms with Crippen LogP contribution >= 0.6 is 0 Å². The molecule has 1 aliphatic rings. The van der Waals surface area contributed by atoms with E-state index in [0.29, 0.717) is 29.8 Å². The first-order valence-electron chi connectivity index (χ1n) is 11.3. The van der Waals surface area contributed by atoms with E-state index in [0.717, 1.165) is 0 Å². The number of likely N-dealkylation sites (N-methyl/N-ethyl adjacent to an activating group) is 1. The van der Waals surface area contributed by atoms with E-state index >= 15 is 0 Å². The summed E-state index contributed by atoms with van der Waals surface area (Å²) in [7, 11) is -2.28. The molecule has 0 N–H and O–H groups in total. The van der Waals surface area contributed by atoms with Crippen molar-refractivity contribution in [2.45, 2.75) is 39.7 Å². The topological polar surface area (TPSA) is 93.2 Å². The number of carbonyl (C=O) groups is 2. The predicted octanol–water partition coefficient (Wildman–Crippen LogP) is 4.70. The highest BCUT2D eigenvalue weighted by molar-refractivity contribution is 7.99. The van der Waals surface area contributed by atoms with Gasteiger partial charge in [-0.25, -0.2) is 13.2 Å². The maximum Gasteiger partial charge on any atom is 0.410 e. The average molecular weight is 503 g/mol. The lowest BCUT2D eigenvalue weighted by atomic mass is 10.1. The number of nitrogens with zero attached hydrogens (tertiary/aromatic N) is 2. The van der Waals surface area contributed by atoms with Crippen LogP contribution < -0.4 is 9.64 Å². The molecule has 9 heteroatoms. The lowest BCUT2D eigenvalue weighted by Gasteiger charge is -2.28. The summed E-state index contributed by atoms with van der Waals surface area (Å²) in [6, 6.07) is 5.14. The molecule has 1 aliphatic heterocycles. The largest absolute Gasteiger partial charge is 0.491 e. The Morgan fingerprint density at radius 1 is 1.29 bits per heavy atom. The summed E-state index contributed by atoms with van der Waals surface area (Å²) in [4.78, 5) is 26.9. The van der Waals surface area contributed by atoms with Crippen LogP contribution in [0.15, 0.2) is 58.9 Å². The van der Waals surface area contributed by atoms with Gasteiger partial charge in [0.25, 0.3) is 0 Å². The number of hydrogen-bond donors (Lipinski definition) is 0. The van der Waals surface area contributed by atoms with E-state index in [-0.39, 0.29) is 29.5 Å². The average Bonchev–Trinajstić information content (AvgIpc) is 2.79. The Morgan fingerprint density at radius 2 is 2.00 bits per heavy atom. The van der Waals surface area contributed by atoms with Gasteiger partial charge >= 0.3 is 6.09 Å². The fraction of sp³-hybridized carbons (Fsp3) is 0.385. The summed E-state index contributed by atoms with van der Waals surface area (Å²) in [6.45, 7) is 11.2. The first kappa shape index (κ1) is 27.9. The standard InChI is InChI=1S/C26H34N2O6S/c1-7-9-12-20(11-8-2)35(31,32)21-17-22-23(28(18-21)19-29)13-10-14-24(22)33-16-15-27(6)25(30)34-26(3,4)5/h8-14,17,19H,2,7,15-16,18H2,1,3-6H3/b12-9-,20-11+. The van der Waals surface area contributed by atoms with Crippen LogP contribution in [0.3, 0.4) is 0 Å². The van der Waals surface area contributed by atoms with Crippen LogP contribution in [0.4, 0.5) is 10.5 Å². The molecule has 8 nitrogen and oxygen atoms in total. The Labute approximate surface area is 208 Å². The first-order chi connectivity index (χ1) is 16.4. The lowest BCUT2D eigenvalue weighted by molar-refractivity contribution is -0.107. The van der Waals surface area contributed by atoms with E-state index in [1.165, 1.54) is 34.1 Å². The van der Waals surface area contributed by atoms with E-state index in [9.17, 15) is 18.0 Å². The molecular formula is C26H34N2O6S. The second-order valence-corrected chi connectivity index (χ2v) is 10.9. The summed E-state index contributed by atoms with van der Waals surface area (Å²) in [5.41, 5.74) is 0.401. The molecule has 1 heterocycles. The molecule has 35 heavy (non-hydrogen) atoms. The zero-order valence-corrected chi connectivity index (χ0v) is 21.8. The number of fused-ring (bicyclic) bond motifs is 1. The first-order valence-corrected chi connectivity index (χ1v) is 12.8. The highest BCUT2D eigenvalue weighted by Crippen LogP contribution is 2.37. The van der Waals surface area contributed by atoms with Gasteiger partial charge < -0.3 is 19.3 Å². The summed E-state index contributed by atoms with van der Waals surface area (Å²) in [5, 5.41) is 0. The van der Waals surface area contributed by atoms with Crippen LogP contribution in [0.2, 0.25) is 0 Å². The van der Waals surface area contributed by atoms with Crippen molar-refractivity contribution in [3.8, 4) is 5.75 Å². The van der Waals surface area contributed by atoms with Gasteiger partial charge in [-0.15, -0.1) is 0 Å². The highest BCUT2D eigenvalue weighted by atomic mass is 32.2. The van der Waals surface area contributed by atoms with E-state index in [2.05, 4.69) is 6.58 Å². The number of hydrogen-bond acceptors (Lipinski definition) is 6. The Balaban J connectivity index is 2.35. The van der Waals surface area contributed by atoms with Crippen molar-refractivity contribution in [2.75, 3.05) is 31.6 Å². The van der Waals surface area contributed by atoms with Crippen LogP contribution in [0.5, 0.6) is 5.75 Å². The molecule has 0 spiro atoms. The maximum absolute atomic E-state index is 13.4. The van der Waals surface area contributed by atoms with Crippen molar-refractivity contribution in [1.29, 1.82) is 0 Å². The molecule has 0 atom stereocenters. The fourth-order valence-electron chi connectivity index (χ4n) is 3.23. The molecule has 0 unspecified atom stereocenters. The normalized spacial score (nSPS) is 14.3. The number of amides is 2. The van der Waals surface area contributed by atoms with Gasteiger partial charge in [0, 0.05) is 12.6 Å². The monoisotopic (exact) mass is 502 g/mol. The van der Waals surface area contributed by atoms with Gasteiger partial charge in [-0.1, -0.05) is 31.7 Å². The van der Waals surface area contributed by atoms with Gasteiger partial charge in [0.1, 0.15) is 18.0 Å². The molecule has 0 aliphatic carbocycles. The van der Waals surface area contributed by atoms with Crippen molar-refractivity contribution in [3.63, 3.8) is 0 Å². The van der Waals surface area contributed by atoms with Gasteiger partial charge in [-0.2, -0.15) is 0 Å². The number of benzene rings is 1. The van der Waals surface area contributed by atoms with Crippen molar-refractivity contribution >= 4 is 34.1 Å². The second kappa shape index (κ2) is 11.9. The van der Waals surface area contributed by atoms with Gasteiger partial charge in [0.05, 0.1) is 28.6 Å². The number of allylic oxidation sites excluding steroid dienone is 4. The van der Waals surface area contributed by atoms with Crippen LogP contribution in [0.1, 0.15) is 39.7 Å². The van der Waals surface area contributed by atoms with Crippen LogP contribution in [-0.2, 0) is 19.4 Å². The molecule has 0 fully saturated rings. The van der Waals surface area contributed by atoms with Crippen LogP contribution in [0, 0.1) is 0 Å². The second-order valence-electron chi connectivity index (χ2n) is 8.90. The highest BCUT2D eigenvalue weighted by Gasteiger charge is 2.29. The molecule has 0 radical (unpaired) electrons. The van der Waals surface area contributed by atoms with Crippen LogP contribution in [-0.4, -0.2) is 58.2 Å². The third-order valence-electron chi connectivity index (χ3n) is 4.96. The SMILES string of the molecule is C=C/C=C(\C=C/CC)S(=O)(=O)C1=Cc2c(OCCN(C)C(=O)OC(C)(C)C)cccc2N(C=O)C1. The zero-order chi connectivity index (χ0) is 26.2. The van der Waals surface area contributed by atoms with Gasteiger partial charge in [-0.3, -0.25) is 4.79 Å². The molecule has 0 saturated heterocycles. The van der Waals surface area contributed by atoms with E-state index in [1.807, 2.05) is 6.92 Å². The van der Waals surface area contributed by atoms with Crippen molar-refractivity contribution in [1.82, 2.24) is 4.90 Å². The molecule has 1 aromatic rings. The number of ether oxygens (including phenoxy) is 2. The quantitative estimate of drug-likeness (QED) is 0.340. The Kier molecular flexibility index (Phi) is 9.47. The molecule has 190 valence electrons. The minimum absolute atomic E-state index is 0.0628. The van der Waals surface area contributed by atoms with E-state index in [1.54, 1.807) is 52.1 Å². The third-order valence-corrected chi connectivity index (χ3v) is 6.79. The Hall–Kier alpha value is -3.33. The van der Waals surface area contributed by atoms with Gasteiger partial charge in [-0.05, 0) is 57.6 Å². The minimum atomic E-state index is -3.88. The molecule has 2 amide bonds. The summed E-state index contributed by atoms with van der Waals surface area (Å²) in [5.74, 6) is 0.401. The van der Waals surface area contributed by atoms with Crippen molar-refractivity contribution < 1.29 is 27.5 Å². The van der Waals surface area contributed by atoms with Crippen molar-refractivity contribution in [3.05, 3.63) is 64.5 Å². The smallest absolute Gasteiger partial charge is 0.410 e. The molecule has 1 aromatic carbocycles. The summed E-state index contributed by atoms with van der Waals surface area (Å²) < 4.78 is 38.0. The minimum Gasteiger partial charge on any atom is -0.491 e. The molecule has 0 saturated carbocycles. The Morgan fingerprint density at radius 3 is 2.60 bits per heavy atom. The number of carbonyl (C=O) groups excluding carboxylic acids is 2. The van der Waals surface area contributed by atoms with Crippen molar-refractivity contribution in [2.24, 2.45) is 0 Å². The van der Waals surface area contributed by atoms with E-state index in [4.69, 9.17) is 9.47 Å². The van der Waals surface area contributed by atoms with Gasteiger partial charge in [0.2, 0.25) is 16.2 Å². The predicted molar refractivity (Wildman–Crippen MR) is 139 cm³/mol. The molecular weight excluding hydrogens is 468 g/mol. The number of rotatable bonds is 10. The Bertz CT molecular complexity index is 1140. The van der Waals surface area contributed by atoms with Gasteiger partial charge in [0.15, 0.2) is 0 Å². The summed E-state index contributed by atoms with van der Waals surface area (Å²) >= 11 is 0. The number of sulfone groups is 1. The molecule has 0 aromatic heterocycles. The molecule has 2 rings (SSSR count). The van der Waals surface area contributed by atoms with Crippen LogP contribution in [0.25, 0.3) is 6.08 Å².